The summed E-state index contributed by atoms with van der Waals surface area (Å²) in [6.45, 7) is 3.16. The van der Waals surface area contributed by atoms with E-state index in [1.165, 1.54) is 8.61 Å². The van der Waals surface area contributed by atoms with Crippen molar-refractivity contribution in [3.63, 3.8) is 0 Å². The van der Waals surface area contributed by atoms with Gasteiger partial charge in [-0.2, -0.15) is 17.0 Å². The van der Waals surface area contributed by atoms with Gasteiger partial charge in [0.1, 0.15) is 0 Å². The first-order valence-corrected chi connectivity index (χ1v) is 5.26. The van der Waals surface area contributed by atoms with Gasteiger partial charge in [0.15, 0.2) is 0 Å². The maximum atomic E-state index is 11.6. The Morgan fingerprint density at radius 2 is 1.17 bits per heavy atom. The van der Waals surface area contributed by atoms with E-state index in [0.717, 1.165) is 6.67 Å². The Morgan fingerprint density at radius 3 is 1.58 bits per heavy atom. The van der Waals surface area contributed by atoms with Crippen LogP contribution in [-0.2, 0) is 10.2 Å². The maximum absolute atomic E-state index is 11.6. The second-order valence-electron chi connectivity index (χ2n) is 3.46. The van der Waals surface area contributed by atoms with Crippen molar-refractivity contribution in [3.8, 4) is 0 Å². The quantitative estimate of drug-likeness (QED) is 0.428. The SMILES string of the molecule is O=S1(=O)N2C[15N]3CN1C[15N](C2)C3. The van der Waals surface area contributed by atoms with Crippen LogP contribution in [0, 0.1) is 0 Å². The zero-order valence-corrected chi connectivity index (χ0v) is 7.37. The second-order valence-corrected chi connectivity index (χ2v) is 5.39. The van der Waals surface area contributed by atoms with Gasteiger partial charge in [0.25, 0.3) is 10.2 Å². The third kappa shape index (κ3) is 0.748. The summed E-state index contributed by atoms with van der Waals surface area (Å²) in [5.74, 6) is 0. The Bertz CT molecular complexity index is 279. The van der Waals surface area contributed by atoms with Crippen LogP contribution < -0.4 is 0 Å². The zero-order chi connectivity index (χ0) is 8.34. The Morgan fingerprint density at radius 1 is 0.750 bits per heavy atom. The fourth-order valence-electron chi connectivity index (χ4n) is 1.99. The predicted molar refractivity (Wildman–Crippen MR) is 40.6 cm³/mol. The van der Waals surface area contributed by atoms with E-state index >= 15 is 0 Å². The molecule has 4 rings (SSSR count). The molecule has 0 atom stereocenters. The Hall–Kier alpha value is -0.210. The topological polar surface area (TPSA) is 47.1 Å². The van der Waals surface area contributed by atoms with E-state index < -0.39 is 10.2 Å². The molecular formula is C5H10N4O2S. The van der Waals surface area contributed by atoms with E-state index in [1.807, 2.05) is 0 Å². The molecule has 6 nitrogen and oxygen atoms in total. The lowest BCUT2D eigenvalue weighted by atomic mass is 10.7. The summed E-state index contributed by atoms with van der Waals surface area (Å²) >= 11 is 0. The van der Waals surface area contributed by atoms with E-state index in [1.54, 1.807) is 0 Å². The molecule has 0 radical (unpaired) electrons. The van der Waals surface area contributed by atoms with Gasteiger partial charge in [0.05, 0.1) is 33.3 Å². The summed E-state index contributed by atoms with van der Waals surface area (Å²) in [6.07, 6.45) is 0. The van der Waals surface area contributed by atoms with Crippen LogP contribution >= 0.6 is 0 Å². The minimum Gasteiger partial charge on any atom is -0.262 e. The summed E-state index contributed by atoms with van der Waals surface area (Å²) in [7, 11) is -3.08. The fraction of sp³-hybridized carbons (Fsp3) is 1.00. The van der Waals surface area contributed by atoms with Crippen molar-refractivity contribution in [1.82, 2.24) is 18.4 Å². The van der Waals surface area contributed by atoms with E-state index in [0.29, 0.717) is 26.7 Å². The molecule has 0 aliphatic carbocycles. The largest absolute Gasteiger partial charge is 0.286 e. The predicted octanol–water partition coefficient (Wildman–Crippen LogP) is -1.73. The Balaban J connectivity index is 2.06. The molecule has 0 saturated carbocycles. The summed E-state index contributed by atoms with van der Waals surface area (Å²) in [4.78, 5) is 4.21. The summed E-state index contributed by atoms with van der Waals surface area (Å²) in [5.41, 5.74) is 0. The van der Waals surface area contributed by atoms with Gasteiger partial charge in [0.2, 0.25) is 0 Å². The number of hydrogen-bond donors (Lipinski definition) is 0. The highest BCUT2D eigenvalue weighted by Gasteiger charge is 2.47. The van der Waals surface area contributed by atoms with Crippen LogP contribution in [-0.4, -0.2) is 60.2 Å². The normalized spacial score (nSPS) is 54.3. The number of nitrogens with zero attached hydrogens (tertiary/aromatic N) is 4. The minimum atomic E-state index is -3.08. The first kappa shape index (κ1) is 7.22. The first-order chi connectivity index (χ1) is 5.66. The van der Waals surface area contributed by atoms with Gasteiger partial charge in [-0.1, -0.05) is 0 Å². The van der Waals surface area contributed by atoms with Crippen molar-refractivity contribution < 1.29 is 8.42 Å². The average Bonchev–Trinajstić information content (AvgIpc) is 1.99. The van der Waals surface area contributed by atoms with Crippen molar-refractivity contribution in [2.75, 3.05) is 33.3 Å². The van der Waals surface area contributed by atoms with Crippen molar-refractivity contribution in [2.45, 2.75) is 0 Å². The van der Waals surface area contributed by atoms with E-state index in [9.17, 15) is 8.42 Å². The summed E-state index contributed by atoms with van der Waals surface area (Å²) < 4.78 is 26.1. The molecule has 4 bridgehead atoms. The molecule has 0 aromatic carbocycles. The van der Waals surface area contributed by atoms with E-state index in [4.69, 9.17) is 0 Å². The van der Waals surface area contributed by atoms with Crippen molar-refractivity contribution in [3.05, 3.63) is 0 Å². The molecule has 4 aliphatic heterocycles. The molecule has 68 valence electrons. The van der Waals surface area contributed by atoms with Gasteiger partial charge < -0.3 is 0 Å². The standard InChI is InChI=1S/C5H10N4O2S/c10-12(11)8-2-6-1-7(4-8)5-9(12)3-6/h1-5H2/i6+1,7+1. The molecule has 0 aromatic heterocycles. The van der Waals surface area contributed by atoms with Gasteiger partial charge in [-0.3, -0.25) is 9.80 Å². The Labute approximate surface area is 71.1 Å². The molecule has 4 saturated heterocycles. The molecule has 4 aliphatic rings. The van der Waals surface area contributed by atoms with Crippen LogP contribution in [0.25, 0.3) is 0 Å². The average molecular weight is 192 g/mol. The number of hydrogen-bond acceptors (Lipinski definition) is 4. The molecule has 0 spiro atoms. The summed E-state index contributed by atoms with van der Waals surface area (Å²) in [6, 6.07) is 0. The smallest absolute Gasteiger partial charge is 0.262 e. The van der Waals surface area contributed by atoms with Gasteiger partial charge in [-0.15, -0.1) is 0 Å². The van der Waals surface area contributed by atoms with Crippen LogP contribution in [0.3, 0.4) is 0 Å². The molecule has 7 heteroatoms. The highest BCUT2D eigenvalue weighted by atomic mass is 32.2. The molecule has 0 unspecified atom stereocenters. The fourth-order valence-corrected chi connectivity index (χ4v) is 3.55. The monoisotopic (exact) mass is 192 g/mol. The highest BCUT2D eigenvalue weighted by molar-refractivity contribution is 7.86. The van der Waals surface area contributed by atoms with E-state index in [-0.39, 0.29) is 0 Å². The van der Waals surface area contributed by atoms with Crippen molar-refractivity contribution in [1.29, 1.82) is 0 Å². The second kappa shape index (κ2) is 1.99. The first-order valence-electron chi connectivity index (χ1n) is 3.86. The molecular weight excluding hydrogens is 182 g/mol. The zero-order valence-electron chi connectivity index (χ0n) is 6.55. The molecule has 4 fully saturated rings. The van der Waals surface area contributed by atoms with Crippen molar-refractivity contribution >= 4 is 10.2 Å². The van der Waals surface area contributed by atoms with Crippen LogP contribution in [0.2, 0.25) is 0 Å². The van der Waals surface area contributed by atoms with Crippen LogP contribution in [0.5, 0.6) is 0 Å². The molecule has 0 aromatic rings. The minimum absolute atomic E-state index is 0.565. The lowest BCUT2D eigenvalue weighted by molar-refractivity contribution is -0.0972. The van der Waals surface area contributed by atoms with Gasteiger partial charge in [-0.25, -0.2) is 0 Å². The molecule has 4 heterocycles. The molecule has 0 N–H and O–H groups in total. The van der Waals surface area contributed by atoms with Gasteiger partial charge >= 0.3 is 0 Å². The van der Waals surface area contributed by atoms with Gasteiger partial charge in [0, 0.05) is 0 Å². The van der Waals surface area contributed by atoms with Crippen molar-refractivity contribution in [2.24, 2.45) is 0 Å². The van der Waals surface area contributed by atoms with Crippen LogP contribution in [0.1, 0.15) is 0 Å². The van der Waals surface area contributed by atoms with Crippen LogP contribution in [0.15, 0.2) is 0 Å². The molecule has 0 amide bonds. The van der Waals surface area contributed by atoms with E-state index in [2.05, 4.69) is 9.80 Å². The van der Waals surface area contributed by atoms with Crippen LogP contribution in [0.4, 0.5) is 0 Å². The lowest BCUT2D eigenvalue weighted by Crippen LogP contribution is -2.73. The maximum Gasteiger partial charge on any atom is 0.286 e. The Kier molecular flexibility index (Phi) is 1.20. The highest BCUT2D eigenvalue weighted by Crippen LogP contribution is 2.26. The summed E-state index contributed by atoms with van der Waals surface area (Å²) in [5, 5.41) is 0. The van der Waals surface area contributed by atoms with Gasteiger partial charge in [-0.05, 0) is 0 Å². The molecule has 12 heavy (non-hydrogen) atoms. The third-order valence-electron chi connectivity index (χ3n) is 2.48. The number of rotatable bonds is 0. The third-order valence-corrected chi connectivity index (χ3v) is 4.25. The lowest BCUT2D eigenvalue weighted by Gasteiger charge is -2.54.